The summed E-state index contributed by atoms with van der Waals surface area (Å²) in [5, 5.41) is 0. The molecule has 3 amide bonds. The van der Waals surface area contributed by atoms with Crippen molar-refractivity contribution in [3.05, 3.63) is 0 Å². The molecule has 9 heteroatoms. The van der Waals surface area contributed by atoms with Gasteiger partial charge in [0.05, 0.1) is 39.6 Å². The fourth-order valence-electron chi connectivity index (χ4n) is 1.41. The zero-order chi connectivity index (χ0) is 16.8. The smallest absolute Gasteiger partial charge is 0.219 e. The lowest BCUT2D eigenvalue weighted by Crippen LogP contribution is -2.25. The molecule has 0 aliphatic carbocycles. The van der Waals surface area contributed by atoms with Crippen LogP contribution >= 0.6 is 0 Å². The molecule has 0 atom stereocenters. The average molecular weight is 319 g/mol. The molecule has 0 radical (unpaired) electrons. The lowest BCUT2D eigenvalue weighted by atomic mass is 10.2. The van der Waals surface area contributed by atoms with Gasteiger partial charge in [0.25, 0.3) is 0 Å². The van der Waals surface area contributed by atoms with Gasteiger partial charge in [-0.2, -0.15) is 0 Å². The molecule has 0 bridgehead atoms. The summed E-state index contributed by atoms with van der Waals surface area (Å²) in [6.07, 6.45) is 0.410. The van der Waals surface area contributed by atoms with E-state index < -0.39 is 17.7 Å². The predicted molar refractivity (Wildman–Crippen MR) is 77.4 cm³/mol. The van der Waals surface area contributed by atoms with Crippen LogP contribution in [0.5, 0.6) is 0 Å². The van der Waals surface area contributed by atoms with E-state index in [9.17, 15) is 14.4 Å². The van der Waals surface area contributed by atoms with Crippen molar-refractivity contribution < 1.29 is 28.6 Å². The first-order chi connectivity index (χ1) is 10.4. The van der Waals surface area contributed by atoms with Gasteiger partial charge in [0, 0.05) is 25.2 Å². The first kappa shape index (κ1) is 20.3. The predicted octanol–water partition coefficient (Wildman–Crippen LogP) is -1.72. The fraction of sp³-hybridized carbons (Fsp3) is 0.769. The van der Waals surface area contributed by atoms with Gasteiger partial charge >= 0.3 is 0 Å². The zero-order valence-electron chi connectivity index (χ0n) is 12.6. The molecule has 0 rings (SSSR count). The Morgan fingerprint density at radius 3 is 1.14 bits per heavy atom. The van der Waals surface area contributed by atoms with Crippen LogP contribution in [0.25, 0.3) is 0 Å². The number of hydrogen-bond acceptors (Lipinski definition) is 6. The van der Waals surface area contributed by atoms with E-state index in [1.165, 1.54) is 0 Å². The minimum absolute atomic E-state index is 0.103. The number of carbonyl (C=O) groups excluding carboxylic acids is 3. The molecule has 0 aromatic carbocycles. The van der Waals surface area contributed by atoms with Gasteiger partial charge in [-0.05, 0) is 0 Å². The number of amides is 3. The topological polar surface area (TPSA) is 157 Å². The number of carbonyl (C=O) groups is 3. The molecule has 0 saturated carbocycles. The van der Waals surface area contributed by atoms with E-state index in [4.69, 9.17) is 31.4 Å². The highest BCUT2D eigenvalue weighted by Crippen LogP contribution is 2.02. The van der Waals surface area contributed by atoms with Crippen molar-refractivity contribution in [2.45, 2.75) is 19.3 Å². The van der Waals surface area contributed by atoms with Crippen LogP contribution in [0.15, 0.2) is 0 Å². The molecular formula is C13H25N3O6. The van der Waals surface area contributed by atoms with Gasteiger partial charge in [-0.15, -0.1) is 0 Å². The Morgan fingerprint density at radius 2 is 0.909 bits per heavy atom. The number of hydrogen-bond donors (Lipinski definition) is 3. The van der Waals surface area contributed by atoms with Crippen LogP contribution in [-0.2, 0) is 28.6 Å². The first-order valence-electron chi connectivity index (χ1n) is 7.00. The van der Waals surface area contributed by atoms with E-state index in [0.29, 0.717) is 19.8 Å². The molecule has 0 heterocycles. The number of primary amides is 3. The maximum atomic E-state index is 10.6. The third-order valence-electron chi connectivity index (χ3n) is 2.54. The van der Waals surface area contributed by atoms with Crippen molar-refractivity contribution in [2.75, 3.05) is 39.6 Å². The van der Waals surface area contributed by atoms with E-state index in [-0.39, 0.29) is 45.0 Å². The van der Waals surface area contributed by atoms with Crippen LogP contribution in [-0.4, -0.2) is 57.4 Å². The summed E-state index contributed by atoms with van der Waals surface area (Å²) >= 11 is 0. The zero-order valence-corrected chi connectivity index (χ0v) is 12.6. The van der Waals surface area contributed by atoms with Crippen LogP contribution < -0.4 is 17.2 Å². The summed E-state index contributed by atoms with van der Waals surface area (Å²) < 4.78 is 16.0. The lowest BCUT2D eigenvalue weighted by molar-refractivity contribution is -0.119. The van der Waals surface area contributed by atoms with Crippen molar-refractivity contribution >= 4 is 17.7 Å². The molecule has 0 aliphatic heterocycles. The molecule has 6 N–H and O–H groups in total. The van der Waals surface area contributed by atoms with Gasteiger partial charge in [0.1, 0.15) is 0 Å². The molecule has 9 nitrogen and oxygen atoms in total. The molecule has 128 valence electrons. The van der Waals surface area contributed by atoms with Gasteiger partial charge in [0.15, 0.2) is 0 Å². The summed E-state index contributed by atoms with van der Waals surface area (Å²) in [6.45, 7) is 1.57. The minimum Gasteiger partial charge on any atom is -0.380 e. The highest BCUT2D eigenvalue weighted by atomic mass is 16.5. The second-order valence-corrected chi connectivity index (χ2v) is 4.74. The van der Waals surface area contributed by atoms with Crippen LogP contribution in [0.4, 0.5) is 0 Å². The van der Waals surface area contributed by atoms with Crippen molar-refractivity contribution in [3.8, 4) is 0 Å². The number of rotatable bonds is 15. The maximum absolute atomic E-state index is 10.6. The summed E-state index contributed by atoms with van der Waals surface area (Å²) in [5.41, 5.74) is 15.0. The number of ether oxygens (including phenoxy) is 3. The van der Waals surface area contributed by atoms with Gasteiger partial charge in [-0.3, -0.25) is 14.4 Å². The standard InChI is InChI=1S/C13H25N3O6/c14-11(17)1-4-20-7-10(8-21-5-2-12(15)18)9-22-6-3-13(16)19/h10H,1-9H2,(H2,14,17)(H2,15,18)(H2,16,19). The van der Waals surface area contributed by atoms with Crippen molar-refractivity contribution in [1.29, 1.82) is 0 Å². The van der Waals surface area contributed by atoms with Crippen molar-refractivity contribution in [1.82, 2.24) is 0 Å². The number of nitrogens with two attached hydrogens (primary N) is 3. The molecule has 0 spiro atoms. The second kappa shape index (κ2) is 13.0. The summed E-state index contributed by atoms with van der Waals surface area (Å²) in [5.74, 6) is -1.42. The second-order valence-electron chi connectivity index (χ2n) is 4.74. The average Bonchev–Trinajstić information content (AvgIpc) is 2.42. The SMILES string of the molecule is NC(=O)CCOCC(COCCC(N)=O)COCCC(N)=O. The van der Waals surface area contributed by atoms with Gasteiger partial charge in [0.2, 0.25) is 17.7 Å². The Morgan fingerprint density at radius 1 is 0.636 bits per heavy atom. The van der Waals surface area contributed by atoms with E-state index in [0.717, 1.165) is 0 Å². The van der Waals surface area contributed by atoms with Crippen LogP contribution in [0.2, 0.25) is 0 Å². The van der Waals surface area contributed by atoms with E-state index in [2.05, 4.69) is 0 Å². The van der Waals surface area contributed by atoms with Crippen LogP contribution in [0, 0.1) is 5.92 Å². The molecule has 0 aromatic rings. The van der Waals surface area contributed by atoms with Crippen molar-refractivity contribution in [3.63, 3.8) is 0 Å². The Labute approximate surface area is 129 Å². The summed E-state index contributed by atoms with van der Waals surface area (Å²) in [4.78, 5) is 31.8. The van der Waals surface area contributed by atoms with Crippen molar-refractivity contribution in [2.24, 2.45) is 23.1 Å². The highest BCUT2D eigenvalue weighted by Gasteiger charge is 2.11. The van der Waals surface area contributed by atoms with Gasteiger partial charge in [-0.1, -0.05) is 0 Å². The Bertz CT molecular complexity index is 298. The summed E-state index contributed by atoms with van der Waals surface area (Å²) in [6, 6.07) is 0. The van der Waals surface area contributed by atoms with Gasteiger partial charge < -0.3 is 31.4 Å². The summed E-state index contributed by atoms with van der Waals surface area (Å²) in [7, 11) is 0. The normalized spacial score (nSPS) is 10.8. The monoisotopic (exact) mass is 319 g/mol. The van der Waals surface area contributed by atoms with E-state index in [1.807, 2.05) is 0 Å². The highest BCUT2D eigenvalue weighted by molar-refractivity contribution is 5.74. The fourth-order valence-corrected chi connectivity index (χ4v) is 1.41. The Balaban J connectivity index is 3.93. The molecule has 0 saturated heterocycles. The Hall–Kier alpha value is -1.71. The largest absolute Gasteiger partial charge is 0.380 e. The third-order valence-corrected chi connectivity index (χ3v) is 2.54. The van der Waals surface area contributed by atoms with Gasteiger partial charge in [-0.25, -0.2) is 0 Å². The lowest BCUT2D eigenvalue weighted by Gasteiger charge is -2.17. The molecule has 0 unspecified atom stereocenters. The first-order valence-corrected chi connectivity index (χ1v) is 7.00. The molecule has 0 aliphatic rings. The van der Waals surface area contributed by atoms with Crippen LogP contribution in [0.3, 0.4) is 0 Å². The van der Waals surface area contributed by atoms with E-state index >= 15 is 0 Å². The molecule has 0 fully saturated rings. The quantitative estimate of drug-likeness (QED) is 0.305. The van der Waals surface area contributed by atoms with Crippen LogP contribution in [0.1, 0.15) is 19.3 Å². The molecule has 22 heavy (non-hydrogen) atoms. The molecule has 0 aromatic heterocycles. The maximum Gasteiger partial charge on any atom is 0.219 e. The third kappa shape index (κ3) is 14.7. The van der Waals surface area contributed by atoms with E-state index in [1.54, 1.807) is 0 Å². The minimum atomic E-state index is -0.438. The molecular weight excluding hydrogens is 294 g/mol. The Kier molecular flexibility index (Phi) is 12.0.